The highest BCUT2D eigenvalue weighted by Gasteiger charge is 2.33. The number of para-hydroxylation sites is 1. The van der Waals surface area contributed by atoms with E-state index in [0.717, 1.165) is 16.1 Å². The molecular formula is C29H33Cl2N3O4S. The molecule has 3 rings (SSSR count). The normalized spacial score (nSPS) is 12.1. The first-order valence-electron chi connectivity index (χ1n) is 12.5. The molecule has 0 saturated heterocycles. The molecule has 0 saturated carbocycles. The fraction of sp³-hybridized carbons (Fsp3) is 0.310. The predicted octanol–water partition coefficient (Wildman–Crippen LogP) is 5.15. The first kappa shape index (κ1) is 30.5. The van der Waals surface area contributed by atoms with Gasteiger partial charge >= 0.3 is 0 Å². The van der Waals surface area contributed by atoms with Crippen molar-refractivity contribution >= 4 is 50.7 Å². The second-order valence-electron chi connectivity index (χ2n) is 9.37. The molecule has 0 radical (unpaired) electrons. The van der Waals surface area contributed by atoms with E-state index in [2.05, 4.69) is 5.32 Å². The first-order chi connectivity index (χ1) is 18.4. The Morgan fingerprint density at radius 1 is 0.949 bits per heavy atom. The summed E-state index contributed by atoms with van der Waals surface area (Å²) in [5.41, 5.74) is 3.30. The smallest absolute Gasteiger partial charge is 0.244 e. The summed E-state index contributed by atoms with van der Waals surface area (Å²) >= 11 is 12.6. The topological polar surface area (TPSA) is 86.8 Å². The number of hydrogen-bond acceptors (Lipinski definition) is 4. The maximum atomic E-state index is 14.1. The highest BCUT2D eigenvalue weighted by Crippen LogP contribution is 2.28. The van der Waals surface area contributed by atoms with Gasteiger partial charge in [0, 0.05) is 29.6 Å². The Hall–Kier alpha value is -3.07. The highest BCUT2D eigenvalue weighted by atomic mass is 35.5. The first-order valence-corrected chi connectivity index (χ1v) is 15.1. The number of halogens is 2. The van der Waals surface area contributed by atoms with Crippen molar-refractivity contribution in [3.05, 3.63) is 99.0 Å². The zero-order valence-electron chi connectivity index (χ0n) is 22.4. The minimum atomic E-state index is -3.85. The van der Waals surface area contributed by atoms with Gasteiger partial charge in [-0.2, -0.15) is 0 Å². The number of aryl methyl sites for hydroxylation is 2. The molecule has 0 aliphatic carbocycles. The lowest BCUT2D eigenvalue weighted by Gasteiger charge is -2.34. The van der Waals surface area contributed by atoms with E-state index < -0.39 is 28.5 Å². The number of benzene rings is 3. The van der Waals surface area contributed by atoms with Crippen molar-refractivity contribution in [1.29, 1.82) is 0 Å². The second kappa shape index (κ2) is 13.3. The molecule has 2 amide bonds. The summed E-state index contributed by atoms with van der Waals surface area (Å²) in [5.74, 6) is -0.890. The van der Waals surface area contributed by atoms with Crippen molar-refractivity contribution < 1.29 is 18.0 Å². The molecule has 208 valence electrons. The highest BCUT2D eigenvalue weighted by molar-refractivity contribution is 7.92. The summed E-state index contributed by atoms with van der Waals surface area (Å²) in [4.78, 5) is 28.9. The third kappa shape index (κ3) is 7.97. The van der Waals surface area contributed by atoms with E-state index in [1.165, 1.54) is 4.90 Å². The SMILES string of the molecule is CCNC(=O)[C@@H](Cc1ccccc1)N(Cc1ccc(Cl)cc1Cl)C(=O)CN(c1c(C)cccc1C)S(C)(=O)=O. The van der Waals surface area contributed by atoms with Crippen LogP contribution in [0.2, 0.25) is 10.0 Å². The quantitative estimate of drug-likeness (QED) is 0.335. The summed E-state index contributed by atoms with van der Waals surface area (Å²) in [6.45, 7) is 5.25. The molecule has 3 aromatic carbocycles. The van der Waals surface area contributed by atoms with Gasteiger partial charge in [0.05, 0.1) is 11.9 Å². The summed E-state index contributed by atoms with van der Waals surface area (Å²) in [6.07, 6.45) is 1.30. The van der Waals surface area contributed by atoms with E-state index in [1.807, 2.05) is 36.4 Å². The lowest BCUT2D eigenvalue weighted by Crippen LogP contribution is -2.53. The number of nitrogens with one attached hydrogen (secondary N) is 1. The monoisotopic (exact) mass is 589 g/mol. The summed E-state index contributed by atoms with van der Waals surface area (Å²) < 4.78 is 27.1. The molecule has 0 aromatic heterocycles. The summed E-state index contributed by atoms with van der Waals surface area (Å²) in [5, 5.41) is 3.60. The minimum absolute atomic E-state index is 0.0200. The van der Waals surface area contributed by atoms with E-state index in [0.29, 0.717) is 39.0 Å². The Morgan fingerprint density at radius 3 is 2.15 bits per heavy atom. The number of carbonyl (C=O) groups is 2. The number of carbonyl (C=O) groups excluding carboxylic acids is 2. The van der Waals surface area contributed by atoms with E-state index in [-0.39, 0.29) is 18.9 Å². The van der Waals surface area contributed by atoms with Crippen molar-refractivity contribution in [3.8, 4) is 0 Å². The molecule has 10 heteroatoms. The summed E-state index contributed by atoms with van der Waals surface area (Å²) in [6, 6.07) is 18.8. The van der Waals surface area contributed by atoms with E-state index >= 15 is 0 Å². The molecule has 0 unspecified atom stereocenters. The second-order valence-corrected chi connectivity index (χ2v) is 12.1. The number of anilines is 1. The van der Waals surface area contributed by atoms with Crippen LogP contribution in [0.25, 0.3) is 0 Å². The van der Waals surface area contributed by atoms with Gasteiger partial charge in [-0.1, -0.05) is 77.8 Å². The number of amides is 2. The van der Waals surface area contributed by atoms with Crippen LogP contribution >= 0.6 is 23.2 Å². The Balaban J connectivity index is 2.10. The van der Waals surface area contributed by atoms with Gasteiger partial charge in [0.2, 0.25) is 21.8 Å². The minimum Gasteiger partial charge on any atom is -0.355 e. The van der Waals surface area contributed by atoms with Crippen molar-refractivity contribution in [2.24, 2.45) is 0 Å². The van der Waals surface area contributed by atoms with Crippen LogP contribution in [0.15, 0.2) is 66.7 Å². The van der Waals surface area contributed by atoms with Gasteiger partial charge < -0.3 is 10.2 Å². The molecule has 3 aromatic rings. The summed E-state index contributed by atoms with van der Waals surface area (Å²) in [7, 11) is -3.85. The molecule has 0 spiro atoms. The van der Waals surface area contributed by atoms with Crippen LogP contribution in [0.4, 0.5) is 5.69 Å². The predicted molar refractivity (Wildman–Crippen MR) is 158 cm³/mol. The number of sulfonamides is 1. The average Bonchev–Trinajstić information content (AvgIpc) is 2.86. The van der Waals surface area contributed by atoms with Crippen LogP contribution < -0.4 is 9.62 Å². The van der Waals surface area contributed by atoms with Crippen LogP contribution in [0.5, 0.6) is 0 Å². The molecule has 1 N–H and O–H groups in total. The molecule has 0 aliphatic rings. The average molecular weight is 591 g/mol. The van der Waals surface area contributed by atoms with Crippen LogP contribution in [0, 0.1) is 13.8 Å². The van der Waals surface area contributed by atoms with Crippen LogP contribution in [-0.2, 0) is 32.6 Å². The van der Waals surface area contributed by atoms with Crippen LogP contribution in [-0.4, -0.2) is 50.5 Å². The van der Waals surface area contributed by atoms with Crippen molar-refractivity contribution in [2.75, 3.05) is 23.7 Å². The number of hydrogen-bond donors (Lipinski definition) is 1. The Bertz CT molecular complexity index is 1410. The molecular weight excluding hydrogens is 557 g/mol. The van der Waals surface area contributed by atoms with Crippen LogP contribution in [0.1, 0.15) is 29.2 Å². The van der Waals surface area contributed by atoms with E-state index in [1.54, 1.807) is 51.1 Å². The Kier molecular flexibility index (Phi) is 10.4. The Morgan fingerprint density at radius 2 is 1.59 bits per heavy atom. The third-order valence-electron chi connectivity index (χ3n) is 6.35. The standard InChI is InChI=1S/C29H33Cl2N3O4S/c1-5-32-29(36)26(16-22-12-7-6-8-13-22)33(18-23-14-15-24(30)17-25(23)31)27(35)19-34(39(4,37)38)28-20(2)10-9-11-21(28)3/h6-15,17,26H,5,16,18-19H2,1-4H3,(H,32,36)/t26-/m1/s1. The van der Waals surface area contributed by atoms with Crippen molar-refractivity contribution in [2.45, 2.75) is 39.8 Å². The molecule has 1 atom stereocenters. The number of nitrogens with zero attached hydrogens (tertiary/aromatic N) is 2. The van der Waals surface area contributed by atoms with Crippen molar-refractivity contribution in [3.63, 3.8) is 0 Å². The van der Waals surface area contributed by atoms with E-state index in [9.17, 15) is 18.0 Å². The third-order valence-corrected chi connectivity index (χ3v) is 8.05. The van der Waals surface area contributed by atoms with Gasteiger partial charge in [-0.05, 0) is 55.2 Å². The fourth-order valence-electron chi connectivity index (χ4n) is 4.45. The molecule has 0 fully saturated rings. The van der Waals surface area contributed by atoms with Gasteiger partial charge in [0.25, 0.3) is 0 Å². The molecule has 0 bridgehead atoms. The number of rotatable bonds is 11. The van der Waals surface area contributed by atoms with Gasteiger partial charge in [0.15, 0.2) is 0 Å². The Labute approximate surface area is 240 Å². The molecule has 0 aliphatic heterocycles. The van der Waals surface area contributed by atoms with E-state index in [4.69, 9.17) is 23.2 Å². The molecule has 39 heavy (non-hydrogen) atoms. The van der Waals surface area contributed by atoms with Gasteiger partial charge in [0.1, 0.15) is 12.6 Å². The maximum absolute atomic E-state index is 14.1. The largest absolute Gasteiger partial charge is 0.355 e. The van der Waals surface area contributed by atoms with Gasteiger partial charge in [-0.3, -0.25) is 13.9 Å². The van der Waals surface area contributed by atoms with Crippen molar-refractivity contribution in [1.82, 2.24) is 10.2 Å². The molecule has 7 nitrogen and oxygen atoms in total. The zero-order chi connectivity index (χ0) is 28.7. The fourth-order valence-corrected chi connectivity index (χ4v) is 5.89. The molecule has 0 heterocycles. The van der Waals surface area contributed by atoms with Crippen LogP contribution in [0.3, 0.4) is 0 Å². The zero-order valence-corrected chi connectivity index (χ0v) is 24.8. The lowest BCUT2D eigenvalue weighted by molar-refractivity contribution is -0.140. The number of likely N-dealkylation sites (N-methyl/N-ethyl adjacent to an activating group) is 1. The van der Waals surface area contributed by atoms with Gasteiger partial charge in [-0.25, -0.2) is 8.42 Å². The van der Waals surface area contributed by atoms with Gasteiger partial charge in [-0.15, -0.1) is 0 Å². The lowest BCUT2D eigenvalue weighted by atomic mass is 10.0. The maximum Gasteiger partial charge on any atom is 0.244 e.